The van der Waals surface area contributed by atoms with E-state index in [1.165, 1.54) is 12.8 Å². The quantitative estimate of drug-likeness (QED) is 0.688. The molecule has 0 aromatic carbocycles. The first-order chi connectivity index (χ1) is 10.8. The molecule has 1 saturated heterocycles. The van der Waals surface area contributed by atoms with Crippen LogP contribution in [-0.2, 0) is 16.0 Å². The lowest BCUT2D eigenvalue weighted by atomic mass is 10.1. The van der Waals surface area contributed by atoms with E-state index in [1.807, 2.05) is 11.8 Å². The molecule has 1 saturated carbocycles. The summed E-state index contributed by atoms with van der Waals surface area (Å²) < 4.78 is 11.0. The average molecular weight is 307 g/mol. The third-order valence-electron chi connectivity index (χ3n) is 4.36. The first-order valence-corrected chi connectivity index (χ1v) is 8.44. The molecule has 6 heteroatoms. The normalized spacial score (nSPS) is 21.5. The Balaban J connectivity index is 1.43. The zero-order valence-corrected chi connectivity index (χ0v) is 13.3. The highest BCUT2D eigenvalue weighted by Crippen LogP contribution is 2.29. The number of likely N-dealkylation sites (tertiary alicyclic amines) is 1. The number of carbonyl (C=O) groups is 1. The molecule has 1 atom stereocenters. The van der Waals surface area contributed by atoms with Crippen molar-refractivity contribution in [2.24, 2.45) is 5.92 Å². The van der Waals surface area contributed by atoms with Crippen LogP contribution in [0.5, 0.6) is 0 Å². The van der Waals surface area contributed by atoms with E-state index in [0.29, 0.717) is 37.7 Å². The lowest BCUT2D eigenvalue weighted by Crippen LogP contribution is -2.27. The first-order valence-electron chi connectivity index (χ1n) is 8.44. The van der Waals surface area contributed by atoms with Crippen LogP contribution in [0.4, 0.5) is 0 Å². The van der Waals surface area contributed by atoms with Crippen LogP contribution in [0, 0.1) is 5.92 Å². The van der Waals surface area contributed by atoms with Gasteiger partial charge in [0.25, 0.3) is 0 Å². The van der Waals surface area contributed by atoms with E-state index in [0.717, 1.165) is 31.9 Å². The second-order valence-electron chi connectivity index (χ2n) is 6.39. The second-order valence-corrected chi connectivity index (χ2v) is 6.39. The summed E-state index contributed by atoms with van der Waals surface area (Å²) >= 11 is 0. The van der Waals surface area contributed by atoms with Crippen LogP contribution >= 0.6 is 0 Å². The minimum atomic E-state index is 0.189. The highest BCUT2D eigenvalue weighted by Gasteiger charge is 2.30. The van der Waals surface area contributed by atoms with Gasteiger partial charge in [-0.1, -0.05) is 12.1 Å². The first kappa shape index (κ1) is 15.5. The third-order valence-corrected chi connectivity index (χ3v) is 4.36. The Bertz CT molecular complexity index is 499. The van der Waals surface area contributed by atoms with Crippen LogP contribution in [0.25, 0.3) is 0 Å². The largest absolute Gasteiger partial charge is 0.381 e. The van der Waals surface area contributed by atoms with Gasteiger partial charge in [-0.3, -0.25) is 4.79 Å². The van der Waals surface area contributed by atoms with Crippen LogP contribution < -0.4 is 0 Å². The summed E-state index contributed by atoms with van der Waals surface area (Å²) in [7, 11) is 0. The highest BCUT2D eigenvalue weighted by atomic mass is 16.5. The topological polar surface area (TPSA) is 68.5 Å². The fourth-order valence-electron chi connectivity index (χ4n) is 2.79. The maximum Gasteiger partial charge on any atom is 0.231 e. The molecule has 0 spiro atoms. The Labute approximate surface area is 131 Å². The summed E-state index contributed by atoms with van der Waals surface area (Å²) in [5.41, 5.74) is 0. The van der Waals surface area contributed by atoms with Crippen molar-refractivity contribution in [1.29, 1.82) is 0 Å². The Hall–Kier alpha value is -1.43. The van der Waals surface area contributed by atoms with Gasteiger partial charge in [-0.25, -0.2) is 0 Å². The molecule has 1 unspecified atom stereocenters. The Morgan fingerprint density at radius 3 is 3.05 bits per heavy atom. The smallest absolute Gasteiger partial charge is 0.231 e. The molecule has 6 nitrogen and oxygen atoms in total. The summed E-state index contributed by atoms with van der Waals surface area (Å²) in [4.78, 5) is 18.3. The molecule has 0 N–H and O–H groups in total. The fraction of sp³-hybridized carbons (Fsp3) is 0.812. The molecule has 122 valence electrons. The predicted octanol–water partition coefficient (Wildman–Crippen LogP) is 2.15. The lowest BCUT2D eigenvalue weighted by molar-refractivity contribution is -0.130. The molecule has 0 radical (unpaired) electrons. The summed E-state index contributed by atoms with van der Waals surface area (Å²) in [5.74, 6) is 2.59. The average Bonchev–Trinajstić information content (AvgIpc) is 3.02. The van der Waals surface area contributed by atoms with Crippen molar-refractivity contribution < 1.29 is 14.1 Å². The number of rotatable bonds is 8. The van der Waals surface area contributed by atoms with Gasteiger partial charge in [0.2, 0.25) is 11.8 Å². The number of carbonyl (C=O) groups excluding carboxylic acids is 1. The van der Waals surface area contributed by atoms with Gasteiger partial charge in [0.05, 0.1) is 12.5 Å². The fourth-order valence-corrected chi connectivity index (χ4v) is 2.79. The summed E-state index contributed by atoms with van der Waals surface area (Å²) in [6.45, 7) is 5.05. The van der Waals surface area contributed by atoms with Crippen LogP contribution in [-0.4, -0.2) is 47.3 Å². The zero-order valence-electron chi connectivity index (χ0n) is 13.3. The Morgan fingerprint density at radius 2 is 2.27 bits per heavy atom. The molecule has 1 aromatic rings. The van der Waals surface area contributed by atoms with Crippen molar-refractivity contribution in [2.75, 3.05) is 26.3 Å². The van der Waals surface area contributed by atoms with Gasteiger partial charge >= 0.3 is 0 Å². The van der Waals surface area contributed by atoms with E-state index in [1.54, 1.807) is 0 Å². The van der Waals surface area contributed by atoms with Crippen molar-refractivity contribution in [3.8, 4) is 0 Å². The van der Waals surface area contributed by atoms with Crippen LogP contribution in [0.3, 0.4) is 0 Å². The van der Waals surface area contributed by atoms with E-state index >= 15 is 0 Å². The summed E-state index contributed by atoms with van der Waals surface area (Å²) in [6.07, 6.45) is 5.74. The van der Waals surface area contributed by atoms with E-state index in [9.17, 15) is 4.79 Å². The van der Waals surface area contributed by atoms with Crippen molar-refractivity contribution in [3.05, 3.63) is 11.7 Å². The molecular formula is C16H25N3O3. The van der Waals surface area contributed by atoms with Gasteiger partial charge in [-0.15, -0.1) is 0 Å². The number of ether oxygens (including phenoxy) is 1. The minimum absolute atomic E-state index is 0.189. The molecule has 2 fully saturated rings. The van der Waals surface area contributed by atoms with Crippen molar-refractivity contribution in [2.45, 2.75) is 51.4 Å². The molecule has 1 aliphatic heterocycles. The van der Waals surface area contributed by atoms with Crippen molar-refractivity contribution in [3.63, 3.8) is 0 Å². The monoisotopic (exact) mass is 307 g/mol. The molecule has 1 aliphatic carbocycles. The van der Waals surface area contributed by atoms with Gasteiger partial charge in [0.15, 0.2) is 5.82 Å². The van der Waals surface area contributed by atoms with Gasteiger partial charge in [0.1, 0.15) is 0 Å². The molecule has 22 heavy (non-hydrogen) atoms. The van der Waals surface area contributed by atoms with Gasteiger partial charge < -0.3 is 14.2 Å². The summed E-state index contributed by atoms with van der Waals surface area (Å²) in [5, 5.41) is 4.03. The maximum absolute atomic E-state index is 11.9. The van der Waals surface area contributed by atoms with E-state index < -0.39 is 0 Å². The van der Waals surface area contributed by atoms with Crippen LogP contribution in [0.15, 0.2) is 4.52 Å². The van der Waals surface area contributed by atoms with Crippen LogP contribution in [0.1, 0.15) is 56.7 Å². The number of hydrogen-bond acceptors (Lipinski definition) is 5. The van der Waals surface area contributed by atoms with Crippen molar-refractivity contribution in [1.82, 2.24) is 15.0 Å². The Morgan fingerprint density at radius 1 is 1.41 bits per heavy atom. The molecule has 1 amide bonds. The maximum atomic E-state index is 11.9. The van der Waals surface area contributed by atoms with Crippen molar-refractivity contribution >= 4 is 5.91 Å². The number of amides is 1. The molecule has 2 aliphatic rings. The number of hydrogen-bond donors (Lipinski definition) is 0. The van der Waals surface area contributed by atoms with Crippen LogP contribution in [0.2, 0.25) is 0 Å². The van der Waals surface area contributed by atoms with E-state index in [-0.39, 0.29) is 11.8 Å². The predicted molar refractivity (Wildman–Crippen MR) is 80.4 cm³/mol. The van der Waals surface area contributed by atoms with Gasteiger partial charge in [-0.2, -0.15) is 4.98 Å². The van der Waals surface area contributed by atoms with Gasteiger partial charge in [-0.05, 0) is 31.6 Å². The molecule has 2 heterocycles. The molecule has 3 rings (SSSR count). The zero-order chi connectivity index (χ0) is 15.4. The van der Waals surface area contributed by atoms with E-state index in [2.05, 4.69) is 10.1 Å². The SMILES string of the molecule is CCCC(=O)N1CCC(c2nc(CCOCC3CC3)no2)C1. The highest BCUT2D eigenvalue weighted by molar-refractivity contribution is 5.76. The van der Waals surface area contributed by atoms with E-state index in [4.69, 9.17) is 9.26 Å². The third kappa shape index (κ3) is 4.06. The Kier molecular flexibility index (Phi) is 5.08. The van der Waals surface area contributed by atoms with Gasteiger partial charge in [0, 0.05) is 32.5 Å². The standard InChI is InChI=1S/C16H25N3O3/c1-2-3-15(20)19-8-6-13(10-19)16-17-14(18-22-16)7-9-21-11-12-4-5-12/h12-13H,2-11H2,1H3. The molecule has 1 aromatic heterocycles. The number of aromatic nitrogens is 2. The number of nitrogens with zero attached hydrogens (tertiary/aromatic N) is 3. The second kappa shape index (κ2) is 7.22. The molecular weight excluding hydrogens is 282 g/mol. The lowest BCUT2D eigenvalue weighted by Gasteiger charge is -2.14. The molecule has 0 bridgehead atoms. The summed E-state index contributed by atoms with van der Waals surface area (Å²) in [6, 6.07) is 0. The minimum Gasteiger partial charge on any atom is -0.381 e.